The summed E-state index contributed by atoms with van der Waals surface area (Å²) in [6, 6.07) is 3.42. The first kappa shape index (κ1) is 16.9. The molecule has 20 heavy (non-hydrogen) atoms. The van der Waals surface area contributed by atoms with Crippen LogP contribution in [0.3, 0.4) is 0 Å². The fraction of sp³-hybridized carbons (Fsp3) is 0.500. The van der Waals surface area contributed by atoms with E-state index in [1.807, 2.05) is 20.8 Å². The Morgan fingerprint density at radius 3 is 2.50 bits per heavy atom. The number of sulfonamides is 1. The highest BCUT2D eigenvalue weighted by Gasteiger charge is 2.23. The van der Waals surface area contributed by atoms with E-state index in [2.05, 4.69) is 4.72 Å². The van der Waals surface area contributed by atoms with E-state index >= 15 is 0 Å². The molecule has 1 rings (SSSR count). The van der Waals surface area contributed by atoms with Gasteiger partial charge in [-0.15, -0.1) is 0 Å². The molecule has 0 heterocycles. The van der Waals surface area contributed by atoms with Gasteiger partial charge in [-0.05, 0) is 24.0 Å². The van der Waals surface area contributed by atoms with Crippen LogP contribution in [0.4, 0.5) is 5.69 Å². The van der Waals surface area contributed by atoms with Gasteiger partial charge in [0.25, 0.3) is 5.69 Å². The Morgan fingerprint density at radius 2 is 2.00 bits per heavy atom. The maximum atomic E-state index is 12.1. The lowest BCUT2D eigenvalue weighted by atomic mass is 9.91. The van der Waals surface area contributed by atoms with Crippen LogP contribution < -0.4 is 4.72 Å². The molecule has 112 valence electrons. The molecule has 0 aliphatic rings. The number of rotatable bonds is 6. The Kier molecular flexibility index (Phi) is 5.12. The molecule has 0 atom stereocenters. The summed E-state index contributed by atoms with van der Waals surface area (Å²) < 4.78 is 26.7. The van der Waals surface area contributed by atoms with E-state index in [-0.39, 0.29) is 21.9 Å². The fourth-order valence-corrected chi connectivity index (χ4v) is 2.75. The number of nitrogens with zero attached hydrogens (tertiary/aromatic N) is 1. The first-order chi connectivity index (χ1) is 9.09. The summed E-state index contributed by atoms with van der Waals surface area (Å²) in [6.45, 7) is 6.07. The summed E-state index contributed by atoms with van der Waals surface area (Å²) in [6.07, 6.45) is 0.802. The van der Waals surface area contributed by atoms with Gasteiger partial charge in [0.1, 0.15) is 5.02 Å². The van der Waals surface area contributed by atoms with Crippen molar-refractivity contribution in [3.63, 3.8) is 0 Å². The van der Waals surface area contributed by atoms with Gasteiger partial charge in [-0.1, -0.05) is 32.4 Å². The third kappa shape index (κ3) is 4.16. The molecule has 1 aromatic rings. The third-order valence-corrected chi connectivity index (χ3v) is 4.84. The van der Waals surface area contributed by atoms with Gasteiger partial charge in [-0.2, -0.15) is 0 Å². The minimum absolute atomic E-state index is 0.0946. The lowest BCUT2D eigenvalue weighted by Gasteiger charge is -2.22. The highest BCUT2D eigenvalue weighted by atomic mass is 35.5. The predicted octanol–water partition coefficient (Wildman–Crippen LogP) is 2.96. The number of nitro groups is 1. The first-order valence-electron chi connectivity index (χ1n) is 6.03. The van der Waals surface area contributed by atoms with Crippen LogP contribution in [0.1, 0.15) is 27.2 Å². The predicted molar refractivity (Wildman–Crippen MR) is 77.4 cm³/mol. The second kappa shape index (κ2) is 6.07. The van der Waals surface area contributed by atoms with Gasteiger partial charge < -0.3 is 0 Å². The van der Waals surface area contributed by atoms with Crippen molar-refractivity contribution in [2.24, 2.45) is 5.41 Å². The maximum Gasteiger partial charge on any atom is 0.289 e. The Morgan fingerprint density at radius 1 is 1.40 bits per heavy atom. The normalized spacial score (nSPS) is 12.4. The van der Waals surface area contributed by atoms with E-state index in [4.69, 9.17) is 11.6 Å². The Hall–Kier alpha value is -1.18. The topological polar surface area (TPSA) is 89.3 Å². The zero-order chi connectivity index (χ0) is 15.6. The quantitative estimate of drug-likeness (QED) is 0.644. The van der Waals surface area contributed by atoms with Gasteiger partial charge in [0.2, 0.25) is 10.0 Å². The summed E-state index contributed by atoms with van der Waals surface area (Å²) >= 11 is 5.66. The molecule has 0 saturated heterocycles. The fourth-order valence-electron chi connectivity index (χ4n) is 1.30. The van der Waals surface area contributed by atoms with E-state index in [1.165, 1.54) is 12.1 Å². The lowest BCUT2D eigenvalue weighted by molar-refractivity contribution is -0.384. The second-order valence-electron chi connectivity index (χ2n) is 5.21. The molecule has 0 aliphatic carbocycles. The highest BCUT2D eigenvalue weighted by molar-refractivity contribution is 7.89. The molecule has 0 radical (unpaired) electrons. The molecule has 0 aliphatic heterocycles. The van der Waals surface area contributed by atoms with Crippen molar-refractivity contribution in [3.8, 4) is 0 Å². The molecule has 0 unspecified atom stereocenters. The largest absolute Gasteiger partial charge is 0.289 e. The van der Waals surface area contributed by atoms with Crippen molar-refractivity contribution in [3.05, 3.63) is 33.3 Å². The summed E-state index contributed by atoms with van der Waals surface area (Å²) in [5.74, 6) is 0. The van der Waals surface area contributed by atoms with E-state index in [1.54, 1.807) is 0 Å². The van der Waals surface area contributed by atoms with Crippen molar-refractivity contribution in [1.29, 1.82) is 0 Å². The van der Waals surface area contributed by atoms with Crippen LogP contribution in [0, 0.1) is 15.5 Å². The van der Waals surface area contributed by atoms with Crippen molar-refractivity contribution >= 4 is 27.3 Å². The second-order valence-corrected chi connectivity index (χ2v) is 7.39. The van der Waals surface area contributed by atoms with Gasteiger partial charge in [-0.3, -0.25) is 10.1 Å². The van der Waals surface area contributed by atoms with E-state index in [0.29, 0.717) is 0 Å². The van der Waals surface area contributed by atoms with Crippen LogP contribution in [0.2, 0.25) is 5.02 Å². The van der Waals surface area contributed by atoms with Crippen molar-refractivity contribution in [2.75, 3.05) is 6.54 Å². The van der Waals surface area contributed by atoms with Crippen LogP contribution in [0.25, 0.3) is 0 Å². The van der Waals surface area contributed by atoms with Crippen molar-refractivity contribution < 1.29 is 13.3 Å². The summed E-state index contributed by atoms with van der Waals surface area (Å²) in [5.41, 5.74) is -0.616. The lowest BCUT2D eigenvalue weighted by Crippen LogP contribution is -2.33. The maximum absolute atomic E-state index is 12.1. The van der Waals surface area contributed by atoms with E-state index in [0.717, 1.165) is 12.5 Å². The van der Waals surface area contributed by atoms with E-state index < -0.39 is 20.6 Å². The average molecular weight is 321 g/mol. The van der Waals surface area contributed by atoms with Gasteiger partial charge in [-0.25, -0.2) is 13.1 Å². The zero-order valence-electron chi connectivity index (χ0n) is 11.5. The minimum Gasteiger partial charge on any atom is -0.258 e. The molecule has 1 N–H and O–H groups in total. The number of nitrogens with one attached hydrogen (secondary N) is 1. The molecular formula is C12H17ClN2O4S. The van der Waals surface area contributed by atoms with Gasteiger partial charge >= 0.3 is 0 Å². The molecule has 1 aromatic carbocycles. The summed E-state index contributed by atoms with van der Waals surface area (Å²) in [4.78, 5) is 9.89. The van der Waals surface area contributed by atoms with Crippen LogP contribution in [0.5, 0.6) is 0 Å². The third-order valence-electron chi connectivity index (χ3n) is 3.12. The smallest absolute Gasteiger partial charge is 0.258 e. The molecule has 0 fully saturated rings. The van der Waals surface area contributed by atoms with Crippen molar-refractivity contribution in [2.45, 2.75) is 32.1 Å². The average Bonchev–Trinajstić information content (AvgIpc) is 2.36. The van der Waals surface area contributed by atoms with Crippen LogP contribution >= 0.6 is 11.6 Å². The van der Waals surface area contributed by atoms with Crippen LogP contribution in [0.15, 0.2) is 23.1 Å². The van der Waals surface area contributed by atoms with Gasteiger partial charge in [0, 0.05) is 12.6 Å². The Balaban J connectivity index is 3.05. The molecule has 8 heteroatoms. The van der Waals surface area contributed by atoms with Gasteiger partial charge in [0.05, 0.1) is 9.82 Å². The van der Waals surface area contributed by atoms with Gasteiger partial charge in [0.15, 0.2) is 0 Å². The molecule has 0 aromatic heterocycles. The van der Waals surface area contributed by atoms with Crippen molar-refractivity contribution in [1.82, 2.24) is 4.72 Å². The first-order valence-corrected chi connectivity index (χ1v) is 7.89. The Labute approximate surface area is 123 Å². The Bertz CT molecular complexity index is 614. The number of benzene rings is 1. The van der Waals surface area contributed by atoms with Crippen LogP contribution in [-0.2, 0) is 10.0 Å². The molecule has 0 bridgehead atoms. The number of nitro benzene ring substituents is 1. The standard InChI is InChI=1S/C12H17ClN2O4S/c1-4-12(2,3)8-14-20(18,19)9-5-6-10(13)11(7-9)15(16)17/h5-7,14H,4,8H2,1-3H3. The van der Waals surface area contributed by atoms with Crippen LogP contribution in [-0.4, -0.2) is 19.9 Å². The zero-order valence-corrected chi connectivity index (χ0v) is 13.1. The number of halogens is 1. The monoisotopic (exact) mass is 320 g/mol. The molecule has 0 spiro atoms. The highest BCUT2D eigenvalue weighted by Crippen LogP contribution is 2.27. The SMILES string of the molecule is CCC(C)(C)CNS(=O)(=O)c1ccc(Cl)c([N+](=O)[O-])c1. The minimum atomic E-state index is -3.79. The molecular weight excluding hydrogens is 304 g/mol. The number of hydrogen-bond acceptors (Lipinski definition) is 4. The number of hydrogen-bond donors (Lipinski definition) is 1. The summed E-state index contributed by atoms with van der Waals surface area (Å²) in [7, 11) is -3.79. The van der Waals surface area contributed by atoms with E-state index in [9.17, 15) is 18.5 Å². The molecule has 6 nitrogen and oxygen atoms in total. The summed E-state index contributed by atoms with van der Waals surface area (Å²) in [5, 5.41) is 10.7. The molecule has 0 saturated carbocycles. The molecule has 0 amide bonds.